The fraction of sp³-hybridized carbons (Fsp3) is 0.583. The number of H-pyrrole nitrogens is 1. The van der Waals surface area contributed by atoms with Crippen molar-refractivity contribution in [3.63, 3.8) is 0 Å². The van der Waals surface area contributed by atoms with Crippen LogP contribution in [0.15, 0.2) is 16.9 Å². The Bertz CT molecular complexity index is 610. The van der Waals surface area contributed by atoms with Crippen molar-refractivity contribution in [1.82, 2.24) is 25.1 Å². The van der Waals surface area contributed by atoms with Gasteiger partial charge in [0.25, 0.3) is 0 Å². The highest BCUT2D eigenvalue weighted by atomic mass is 16.2. The summed E-state index contributed by atoms with van der Waals surface area (Å²) in [6, 6.07) is 4.18. The van der Waals surface area contributed by atoms with Crippen molar-refractivity contribution in [2.75, 3.05) is 25.0 Å². The lowest BCUT2D eigenvalue weighted by Gasteiger charge is -2.27. The molecule has 2 aromatic rings. The van der Waals surface area contributed by atoms with E-state index in [0.717, 1.165) is 31.7 Å². The van der Waals surface area contributed by atoms with Gasteiger partial charge in [0, 0.05) is 13.1 Å². The van der Waals surface area contributed by atoms with Crippen LogP contribution in [0.2, 0.25) is 0 Å². The summed E-state index contributed by atoms with van der Waals surface area (Å²) < 4.78 is 1.31. The molecule has 1 fully saturated rings. The first-order valence-corrected chi connectivity index (χ1v) is 6.64. The van der Waals surface area contributed by atoms with E-state index >= 15 is 0 Å². The zero-order valence-electron chi connectivity index (χ0n) is 11.0. The fourth-order valence-corrected chi connectivity index (χ4v) is 2.56. The zero-order chi connectivity index (χ0) is 13.2. The summed E-state index contributed by atoms with van der Waals surface area (Å²) >= 11 is 0. The van der Waals surface area contributed by atoms with Crippen molar-refractivity contribution in [2.45, 2.75) is 25.3 Å². The monoisotopic (exact) mass is 262 g/mol. The second-order valence-corrected chi connectivity index (χ2v) is 4.94. The topological polar surface area (TPSA) is 78.3 Å². The molecule has 19 heavy (non-hydrogen) atoms. The van der Waals surface area contributed by atoms with E-state index < -0.39 is 0 Å². The van der Waals surface area contributed by atoms with Crippen LogP contribution in [0.5, 0.6) is 0 Å². The molecule has 2 N–H and O–H groups in total. The van der Waals surface area contributed by atoms with Crippen LogP contribution in [0, 0.1) is 0 Å². The number of fused-ring (bicyclic) bond motifs is 1. The van der Waals surface area contributed by atoms with Crippen LogP contribution in [0.3, 0.4) is 0 Å². The number of nitrogens with zero attached hydrogens (tertiary/aromatic N) is 4. The maximum atomic E-state index is 11.5. The molecule has 102 valence electrons. The van der Waals surface area contributed by atoms with Crippen molar-refractivity contribution in [3.8, 4) is 0 Å². The summed E-state index contributed by atoms with van der Waals surface area (Å²) in [5.41, 5.74) is 0.248. The number of anilines is 1. The largest absolute Gasteiger partial charge is 0.364 e. The first-order chi connectivity index (χ1) is 9.25. The Morgan fingerprint density at radius 1 is 1.37 bits per heavy atom. The Labute approximate surface area is 110 Å². The van der Waals surface area contributed by atoms with Crippen molar-refractivity contribution >= 4 is 11.5 Å². The van der Waals surface area contributed by atoms with Gasteiger partial charge in [-0.05, 0) is 44.5 Å². The molecule has 0 amide bonds. The van der Waals surface area contributed by atoms with Crippen molar-refractivity contribution in [2.24, 2.45) is 0 Å². The molecule has 0 aromatic carbocycles. The van der Waals surface area contributed by atoms with Crippen molar-refractivity contribution in [3.05, 3.63) is 22.6 Å². The lowest BCUT2D eigenvalue weighted by molar-refractivity contribution is 0.559. The molecule has 0 radical (unpaired) electrons. The van der Waals surface area contributed by atoms with Gasteiger partial charge in [-0.15, -0.1) is 5.10 Å². The SMILES string of the molecule is CN(c1ccc2n[nH]c(=O)n2n1)C1CCCNCC1. The number of hydrogen-bond donors (Lipinski definition) is 2. The molecule has 0 bridgehead atoms. The normalized spacial score (nSPS) is 20.4. The number of nitrogens with one attached hydrogen (secondary N) is 2. The fourth-order valence-electron chi connectivity index (χ4n) is 2.56. The number of aromatic nitrogens is 4. The average molecular weight is 262 g/mol. The van der Waals surface area contributed by atoms with E-state index in [1.165, 1.54) is 10.9 Å². The van der Waals surface area contributed by atoms with Gasteiger partial charge in [-0.3, -0.25) is 0 Å². The molecule has 0 spiro atoms. The number of rotatable bonds is 2. The first-order valence-electron chi connectivity index (χ1n) is 6.64. The molecule has 3 rings (SSSR count). The molecule has 7 heteroatoms. The Balaban J connectivity index is 1.89. The van der Waals surface area contributed by atoms with Crippen molar-refractivity contribution in [1.29, 1.82) is 0 Å². The van der Waals surface area contributed by atoms with Gasteiger partial charge in [-0.1, -0.05) is 0 Å². The van der Waals surface area contributed by atoms with Crippen LogP contribution in [0.4, 0.5) is 5.82 Å². The molecule has 1 aliphatic rings. The van der Waals surface area contributed by atoms with Crippen LogP contribution in [-0.2, 0) is 0 Å². The minimum Gasteiger partial charge on any atom is -0.355 e. The maximum Gasteiger partial charge on any atom is 0.364 e. The highest BCUT2D eigenvalue weighted by Crippen LogP contribution is 2.18. The van der Waals surface area contributed by atoms with E-state index in [9.17, 15) is 4.79 Å². The third kappa shape index (κ3) is 2.33. The van der Waals surface area contributed by atoms with Gasteiger partial charge < -0.3 is 10.2 Å². The van der Waals surface area contributed by atoms with E-state index in [1.54, 1.807) is 0 Å². The minimum absolute atomic E-state index is 0.298. The Hall–Kier alpha value is -1.89. The molecular formula is C12H18N6O. The van der Waals surface area contributed by atoms with Gasteiger partial charge in [0.2, 0.25) is 0 Å². The standard InChI is InChI=1S/C12H18N6O/c1-17(9-3-2-7-13-8-6-9)11-5-4-10-14-15-12(19)18(10)16-11/h4-5,9,13H,2-3,6-8H2,1H3,(H,15,19). The summed E-state index contributed by atoms with van der Waals surface area (Å²) in [6.07, 6.45) is 3.41. The molecule has 0 saturated carbocycles. The number of hydrogen-bond acceptors (Lipinski definition) is 5. The van der Waals surface area contributed by atoms with Gasteiger partial charge in [0.05, 0.1) is 0 Å². The molecule has 1 atom stereocenters. The van der Waals surface area contributed by atoms with Gasteiger partial charge in [-0.25, -0.2) is 9.89 Å². The third-order valence-corrected chi connectivity index (χ3v) is 3.71. The Morgan fingerprint density at radius 3 is 3.16 bits per heavy atom. The lowest BCUT2D eigenvalue weighted by Crippen LogP contribution is -2.33. The number of aromatic amines is 1. The second-order valence-electron chi connectivity index (χ2n) is 4.94. The average Bonchev–Trinajstić information content (AvgIpc) is 2.67. The molecule has 1 aliphatic heterocycles. The molecule has 1 saturated heterocycles. The Morgan fingerprint density at radius 2 is 2.26 bits per heavy atom. The summed E-state index contributed by atoms with van der Waals surface area (Å²) in [6.45, 7) is 2.11. The van der Waals surface area contributed by atoms with E-state index in [4.69, 9.17) is 0 Å². The highest BCUT2D eigenvalue weighted by Gasteiger charge is 2.18. The lowest BCUT2D eigenvalue weighted by atomic mass is 10.1. The van der Waals surface area contributed by atoms with E-state index in [1.807, 2.05) is 19.2 Å². The summed E-state index contributed by atoms with van der Waals surface area (Å²) in [7, 11) is 2.04. The van der Waals surface area contributed by atoms with Crippen LogP contribution in [0.25, 0.3) is 5.65 Å². The summed E-state index contributed by atoms with van der Waals surface area (Å²) in [5, 5.41) is 14.0. The summed E-state index contributed by atoms with van der Waals surface area (Å²) in [4.78, 5) is 13.7. The molecule has 7 nitrogen and oxygen atoms in total. The quantitative estimate of drug-likeness (QED) is 0.796. The van der Waals surface area contributed by atoms with Gasteiger partial charge >= 0.3 is 5.69 Å². The van der Waals surface area contributed by atoms with Gasteiger partial charge in [0.1, 0.15) is 5.82 Å². The molecular weight excluding hydrogens is 244 g/mol. The smallest absolute Gasteiger partial charge is 0.355 e. The molecule has 3 heterocycles. The van der Waals surface area contributed by atoms with Crippen LogP contribution in [-0.4, -0.2) is 46.0 Å². The van der Waals surface area contributed by atoms with Crippen LogP contribution >= 0.6 is 0 Å². The maximum absolute atomic E-state index is 11.5. The van der Waals surface area contributed by atoms with Crippen LogP contribution in [0.1, 0.15) is 19.3 Å². The van der Waals surface area contributed by atoms with E-state index in [-0.39, 0.29) is 5.69 Å². The molecule has 0 aliphatic carbocycles. The zero-order valence-corrected chi connectivity index (χ0v) is 11.0. The predicted molar refractivity (Wildman–Crippen MR) is 72.5 cm³/mol. The third-order valence-electron chi connectivity index (χ3n) is 3.71. The van der Waals surface area contributed by atoms with Gasteiger partial charge in [-0.2, -0.15) is 9.61 Å². The highest BCUT2D eigenvalue weighted by molar-refractivity contribution is 5.45. The van der Waals surface area contributed by atoms with Crippen LogP contribution < -0.4 is 15.9 Å². The van der Waals surface area contributed by atoms with E-state index in [0.29, 0.717) is 11.7 Å². The van der Waals surface area contributed by atoms with Crippen molar-refractivity contribution < 1.29 is 0 Å². The first kappa shape index (κ1) is 12.2. The molecule has 2 aromatic heterocycles. The minimum atomic E-state index is -0.298. The second kappa shape index (κ2) is 5.00. The molecule has 1 unspecified atom stereocenters. The summed E-state index contributed by atoms with van der Waals surface area (Å²) in [5.74, 6) is 0.808. The van der Waals surface area contributed by atoms with Gasteiger partial charge in [0.15, 0.2) is 5.65 Å². The van der Waals surface area contributed by atoms with E-state index in [2.05, 4.69) is 25.5 Å². The predicted octanol–water partition coefficient (Wildman–Crippen LogP) is -0.00410. The Kier molecular flexibility index (Phi) is 3.20.